The lowest BCUT2D eigenvalue weighted by atomic mass is 10.0. The van der Waals surface area contributed by atoms with Gasteiger partial charge in [0.05, 0.1) is 0 Å². The Kier molecular flexibility index (Phi) is 8.62. The quantitative estimate of drug-likeness (QED) is 0.403. The first-order valence-electron chi connectivity index (χ1n) is 10.7. The van der Waals surface area contributed by atoms with Crippen molar-refractivity contribution in [2.75, 3.05) is 33.3 Å². The van der Waals surface area contributed by atoms with E-state index in [2.05, 4.69) is 68.9 Å². The zero-order valence-corrected chi connectivity index (χ0v) is 17.8. The highest BCUT2D eigenvalue weighted by atomic mass is 16.5. The van der Waals surface area contributed by atoms with Crippen LogP contribution >= 0.6 is 0 Å². The molecule has 1 heterocycles. The van der Waals surface area contributed by atoms with E-state index in [0.29, 0.717) is 12.6 Å². The molecule has 0 amide bonds. The van der Waals surface area contributed by atoms with Gasteiger partial charge in [-0.2, -0.15) is 0 Å². The SMILES string of the molecule is C#CCOc1ccc(CCNC(=NC)NC2CCN(Cc3ccccc3)CC2)cc1. The molecule has 2 aromatic carbocycles. The topological polar surface area (TPSA) is 48.9 Å². The van der Waals surface area contributed by atoms with Crippen molar-refractivity contribution in [2.45, 2.75) is 31.8 Å². The Morgan fingerprint density at radius 3 is 2.50 bits per heavy atom. The minimum atomic E-state index is 0.300. The third-order valence-corrected chi connectivity index (χ3v) is 5.35. The van der Waals surface area contributed by atoms with Gasteiger partial charge in [-0.3, -0.25) is 9.89 Å². The number of hydrogen-bond donors (Lipinski definition) is 2. The van der Waals surface area contributed by atoms with Crippen LogP contribution in [0.15, 0.2) is 59.6 Å². The molecule has 30 heavy (non-hydrogen) atoms. The maximum Gasteiger partial charge on any atom is 0.191 e. The first-order chi connectivity index (χ1) is 14.8. The second-order valence-corrected chi connectivity index (χ2v) is 7.57. The number of benzene rings is 2. The highest BCUT2D eigenvalue weighted by Gasteiger charge is 2.19. The van der Waals surface area contributed by atoms with Crippen molar-refractivity contribution in [2.24, 2.45) is 4.99 Å². The van der Waals surface area contributed by atoms with Crippen LogP contribution in [0.1, 0.15) is 24.0 Å². The first kappa shape index (κ1) is 21.7. The number of nitrogens with one attached hydrogen (secondary N) is 2. The van der Waals surface area contributed by atoms with Gasteiger partial charge in [-0.25, -0.2) is 0 Å². The molecule has 0 aliphatic carbocycles. The molecular formula is C25H32N4O. The number of nitrogens with zero attached hydrogens (tertiary/aromatic N) is 2. The molecular weight excluding hydrogens is 372 g/mol. The highest BCUT2D eigenvalue weighted by Crippen LogP contribution is 2.14. The Labute approximate surface area is 180 Å². The average Bonchev–Trinajstić information content (AvgIpc) is 2.79. The summed E-state index contributed by atoms with van der Waals surface area (Å²) in [6, 6.07) is 19.2. The smallest absolute Gasteiger partial charge is 0.191 e. The lowest BCUT2D eigenvalue weighted by Gasteiger charge is -2.33. The summed E-state index contributed by atoms with van der Waals surface area (Å²) in [6.45, 7) is 4.38. The number of terminal acetylenes is 1. The van der Waals surface area contributed by atoms with E-state index in [1.807, 2.05) is 19.2 Å². The maximum atomic E-state index is 5.41. The second kappa shape index (κ2) is 11.9. The molecule has 3 rings (SSSR count). The van der Waals surface area contributed by atoms with E-state index in [-0.39, 0.29) is 0 Å². The number of likely N-dealkylation sites (tertiary alicyclic amines) is 1. The molecule has 0 bridgehead atoms. The monoisotopic (exact) mass is 404 g/mol. The highest BCUT2D eigenvalue weighted by molar-refractivity contribution is 5.79. The van der Waals surface area contributed by atoms with E-state index in [9.17, 15) is 0 Å². The fourth-order valence-corrected chi connectivity index (χ4v) is 3.67. The third-order valence-electron chi connectivity index (χ3n) is 5.35. The Bertz CT molecular complexity index is 818. The van der Waals surface area contributed by atoms with Crippen molar-refractivity contribution in [3.8, 4) is 18.1 Å². The minimum Gasteiger partial charge on any atom is -0.481 e. The summed E-state index contributed by atoms with van der Waals surface area (Å²) in [5.74, 6) is 4.16. The van der Waals surface area contributed by atoms with Gasteiger partial charge in [0.1, 0.15) is 12.4 Å². The van der Waals surface area contributed by atoms with Crippen molar-refractivity contribution in [3.63, 3.8) is 0 Å². The molecule has 2 aromatic rings. The van der Waals surface area contributed by atoms with Crippen LogP contribution in [0.3, 0.4) is 0 Å². The minimum absolute atomic E-state index is 0.300. The van der Waals surface area contributed by atoms with Crippen LogP contribution in [-0.4, -0.2) is 50.2 Å². The summed E-state index contributed by atoms with van der Waals surface area (Å²) in [5.41, 5.74) is 2.64. The van der Waals surface area contributed by atoms with E-state index in [4.69, 9.17) is 11.2 Å². The van der Waals surface area contributed by atoms with Crippen LogP contribution < -0.4 is 15.4 Å². The van der Waals surface area contributed by atoms with Gasteiger partial charge in [0.2, 0.25) is 0 Å². The first-order valence-corrected chi connectivity index (χ1v) is 10.7. The standard InChI is InChI=1S/C25H32N4O/c1-3-19-30-24-11-9-21(10-12-24)13-16-27-25(26-2)28-23-14-17-29(18-15-23)20-22-7-5-4-6-8-22/h1,4-12,23H,13-20H2,2H3,(H2,26,27,28). The summed E-state index contributed by atoms with van der Waals surface area (Å²) in [7, 11) is 1.83. The molecule has 0 unspecified atom stereocenters. The number of hydrogen-bond acceptors (Lipinski definition) is 3. The van der Waals surface area contributed by atoms with Crippen LogP contribution in [0, 0.1) is 12.3 Å². The van der Waals surface area contributed by atoms with Gasteiger partial charge in [-0.05, 0) is 42.5 Å². The molecule has 0 saturated carbocycles. The molecule has 0 spiro atoms. The van der Waals surface area contributed by atoms with Gasteiger partial charge in [-0.1, -0.05) is 48.4 Å². The van der Waals surface area contributed by atoms with Crippen molar-refractivity contribution in [1.29, 1.82) is 0 Å². The van der Waals surface area contributed by atoms with Crippen LogP contribution in [0.25, 0.3) is 0 Å². The van der Waals surface area contributed by atoms with Crippen molar-refractivity contribution < 1.29 is 4.74 Å². The fourth-order valence-electron chi connectivity index (χ4n) is 3.67. The van der Waals surface area contributed by atoms with Crippen LogP contribution in [0.4, 0.5) is 0 Å². The Morgan fingerprint density at radius 1 is 1.10 bits per heavy atom. The summed E-state index contributed by atoms with van der Waals surface area (Å²) in [6.07, 6.45) is 8.40. The Hall–Kier alpha value is -2.97. The number of guanidine groups is 1. The lowest BCUT2D eigenvalue weighted by molar-refractivity contribution is 0.198. The fraction of sp³-hybridized carbons (Fsp3) is 0.400. The van der Waals surface area contributed by atoms with Gasteiger partial charge in [-0.15, -0.1) is 6.42 Å². The van der Waals surface area contributed by atoms with Gasteiger partial charge in [0.15, 0.2) is 5.96 Å². The number of piperidine rings is 1. The van der Waals surface area contributed by atoms with Gasteiger partial charge in [0, 0.05) is 39.3 Å². The van der Waals surface area contributed by atoms with Crippen LogP contribution in [0.5, 0.6) is 5.75 Å². The van der Waals surface area contributed by atoms with Crippen LogP contribution in [-0.2, 0) is 13.0 Å². The molecule has 1 saturated heterocycles. The zero-order chi connectivity index (χ0) is 21.0. The summed E-state index contributed by atoms with van der Waals surface area (Å²) < 4.78 is 5.41. The Balaban J connectivity index is 1.35. The van der Waals surface area contributed by atoms with Crippen molar-refractivity contribution >= 4 is 5.96 Å². The predicted octanol–water partition coefficient (Wildman–Crippen LogP) is 3.07. The molecule has 1 aliphatic heterocycles. The molecule has 1 fully saturated rings. The second-order valence-electron chi connectivity index (χ2n) is 7.57. The van der Waals surface area contributed by atoms with Gasteiger partial charge >= 0.3 is 0 Å². The number of ether oxygens (including phenoxy) is 1. The molecule has 5 nitrogen and oxygen atoms in total. The number of rotatable bonds is 8. The third kappa shape index (κ3) is 7.13. The average molecular weight is 405 g/mol. The molecule has 0 atom stereocenters. The van der Waals surface area contributed by atoms with Crippen molar-refractivity contribution in [1.82, 2.24) is 15.5 Å². The largest absolute Gasteiger partial charge is 0.481 e. The molecule has 158 valence electrons. The van der Waals surface area contributed by atoms with E-state index in [1.54, 1.807) is 0 Å². The van der Waals surface area contributed by atoms with Crippen LogP contribution in [0.2, 0.25) is 0 Å². The summed E-state index contributed by atoms with van der Waals surface area (Å²) in [5, 5.41) is 7.01. The van der Waals surface area contributed by atoms with Gasteiger partial charge < -0.3 is 15.4 Å². The molecule has 1 aliphatic rings. The van der Waals surface area contributed by atoms with E-state index in [0.717, 1.165) is 57.2 Å². The molecule has 2 N–H and O–H groups in total. The molecule has 0 radical (unpaired) electrons. The molecule has 5 heteroatoms. The summed E-state index contributed by atoms with van der Waals surface area (Å²) >= 11 is 0. The van der Waals surface area contributed by atoms with E-state index >= 15 is 0 Å². The van der Waals surface area contributed by atoms with E-state index in [1.165, 1.54) is 11.1 Å². The summed E-state index contributed by atoms with van der Waals surface area (Å²) in [4.78, 5) is 6.92. The lowest BCUT2D eigenvalue weighted by Crippen LogP contribution is -2.48. The normalized spacial score (nSPS) is 15.4. The predicted molar refractivity (Wildman–Crippen MR) is 124 cm³/mol. The van der Waals surface area contributed by atoms with Crippen molar-refractivity contribution in [3.05, 3.63) is 65.7 Å². The number of aliphatic imine (C=N–C) groups is 1. The Morgan fingerprint density at radius 2 is 1.83 bits per heavy atom. The van der Waals surface area contributed by atoms with Gasteiger partial charge in [0.25, 0.3) is 0 Å². The zero-order valence-electron chi connectivity index (χ0n) is 17.8. The molecule has 0 aromatic heterocycles. The van der Waals surface area contributed by atoms with E-state index < -0.39 is 0 Å². The maximum absolute atomic E-state index is 5.41.